The van der Waals surface area contributed by atoms with E-state index in [0.717, 1.165) is 19.8 Å². The second kappa shape index (κ2) is 2.98. The molecule has 2 aliphatic rings. The fraction of sp³-hybridized carbons (Fsp3) is 1.00. The SMILES string of the molecule is CN1CCOCC2(CCN2C)C1. The molecule has 0 N–H and O–H groups in total. The molecule has 0 aromatic heterocycles. The Morgan fingerprint density at radius 3 is 2.67 bits per heavy atom. The summed E-state index contributed by atoms with van der Waals surface area (Å²) in [6.45, 7) is 5.30. The van der Waals surface area contributed by atoms with Gasteiger partial charge in [0.25, 0.3) is 0 Å². The Bertz CT molecular complexity index is 174. The molecule has 0 aromatic carbocycles. The topological polar surface area (TPSA) is 15.7 Å². The molecule has 2 saturated heterocycles. The molecular weight excluding hydrogens is 152 g/mol. The predicted octanol–water partition coefficient (Wildman–Crippen LogP) is 0.0227. The average Bonchev–Trinajstić information content (AvgIpc) is 2.26. The van der Waals surface area contributed by atoms with Crippen molar-refractivity contribution in [1.29, 1.82) is 0 Å². The van der Waals surface area contributed by atoms with Gasteiger partial charge >= 0.3 is 0 Å². The summed E-state index contributed by atoms with van der Waals surface area (Å²) in [5.41, 5.74) is 0.352. The molecule has 0 bridgehead atoms. The first-order valence-electron chi connectivity index (χ1n) is 4.70. The highest BCUT2D eigenvalue weighted by Crippen LogP contribution is 2.30. The van der Waals surface area contributed by atoms with Crippen LogP contribution in [0.2, 0.25) is 0 Å². The van der Waals surface area contributed by atoms with Crippen LogP contribution in [0.25, 0.3) is 0 Å². The minimum Gasteiger partial charge on any atom is -0.378 e. The smallest absolute Gasteiger partial charge is 0.0664 e. The van der Waals surface area contributed by atoms with E-state index in [1.807, 2.05) is 0 Å². The van der Waals surface area contributed by atoms with Gasteiger partial charge in [-0.3, -0.25) is 4.90 Å². The van der Waals surface area contributed by atoms with Gasteiger partial charge in [0.05, 0.1) is 18.8 Å². The number of hydrogen-bond acceptors (Lipinski definition) is 3. The number of likely N-dealkylation sites (N-methyl/N-ethyl adjacent to an activating group) is 2. The van der Waals surface area contributed by atoms with Gasteiger partial charge in [-0.25, -0.2) is 0 Å². The second-order valence-electron chi connectivity index (χ2n) is 4.19. The van der Waals surface area contributed by atoms with Crippen molar-refractivity contribution in [3.05, 3.63) is 0 Å². The second-order valence-corrected chi connectivity index (χ2v) is 4.19. The van der Waals surface area contributed by atoms with Crippen LogP contribution in [0.5, 0.6) is 0 Å². The summed E-state index contributed by atoms with van der Waals surface area (Å²) in [6.07, 6.45) is 1.30. The summed E-state index contributed by atoms with van der Waals surface area (Å²) in [6, 6.07) is 0. The Kier molecular flexibility index (Phi) is 2.10. The first kappa shape index (κ1) is 8.48. The van der Waals surface area contributed by atoms with Crippen LogP contribution in [0.15, 0.2) is 0 Å². The molecule has 1 spiro atoms. The van der Waals surface area contributed by atoms with Crippen LogP contribution in [0.4, 0.5) is 0 Å². The van der Waals surface area contributed by atoms with Gasteiger partial charge < -0.3 is 9.64 Å². The molecule has 3 nitrogen and oxygen atoms in total. The third-order valence-corrected chi connectivity index (χ3v) is 3.27. The zero-order valence-electron chi connectivity index (χ0n) is 8.05. The minimum atomic E-state index is 0.352. The Hall–Kier alpha value is -0.120. The highest BCUT2D eigenvalue weighted by atomic mass is 16.5. The summed E-state index contributed by atoms with van der Waals surface area (Å²) < 4.78 is 5.61. The van der Waals surface area contributed by atoms with E-state index in [9.17, 15) is 0 Å². The van der Waals surface area contributed by atoms with Crippen LogP contribution in [0.1, 0.15) is 6.42 Å². The van der Waals surface area contributed by atoms with Gasteiger partial charge in [0.2, 0.25) is 0 Å². The highest BCUT2D eigenvalue weighted by Gasteiger charge is 2.44. The molecule has 0 amide bonds. The number of nitrogens with zero attached hydrogens (tertiary/aromatic N) is 2. The third kappa shape index (κ3) is 1.26. The van der Waals surface area contributed by atoms with Crippen LogP contribution >= 0.6 is 0 Å². The lowest BCUT2D eigenvalue weighted by atomic mass is 9.86. The fourth-order valence-electron chi connectivity index (χ4n) is 2.14. The zero-order chi connectivity index (χ0) is 8.60. The molecule has 1 atom stereocenters. The first-order valence-corrected chi connectivity index (χ1v) is 4.70. The Balaban J connectivity index is 2.03. The highest BCUT2D eigenvalue weighted by molar-refractivity contribution is 5.00. The maximum atomic E-state index is 5.61. The van der Waals surface area contributed by atoms with Crippen molar-refractivity contribution in [1.82, 2.24) is 9.80 Å². The molecule has 0 aliphatic carbocycles. The number of rotatable bonds is 0. The molecule has 70 valence electrons. The van der Waals surface area contributed by atoms with Crippen LogP contribution in [0.3, 0.4) is 0 Å². The quantitative estimate of drug-likeness (QED) is 0.510. The summed E-state index contributed by atoms with van der Waals surface area (Å²) in [5, 5.41) is 0. The molecule has 2 heterocycles. The normalized spacial score (nSPS) is 39.5. The molecule has 0 aromatic rings. The van der Waals surface area contributed by atoms with Gasteiger partial charge in [0.1, 0.15) is 0 Å². The summed E-state index contributed by atoms with van der Waals surface area (Å²) in [5.74, 6) is 0. The maximum absolute atomic E-state index is 5.61. The van der Waals surface area contributed by atoms with E-state index in [0.29, 0.717) is 5.54 Å². The van der Waals surface area contributed by atoms with Gasteiger partial charge in [-0.2, -0.15) is 0 Å². The minimum absolute atomic E-state index is 0.352. The summed E-state index contributed by atoms with van der Waals surface area (Å²) in [7, 11) is 4.38. The molecule has 0 radical (unpaired) electrons. The van der Waals surface area contributed by atoms with Crippen molar-refractivity contribution in [2.75, 3.05) is 46.9 Å². The Morgan fingerprint density at radius 1 is 1.25 bits per heavy atom. The molecule has 3 heteroatoms. The van der Waals surface area contributed by atoms with Gasteiger partial charge in [-0.1, -0.05) is 0 Å². The molecule has 2 rings (SSSR count). The monoisotopic (exact) mass is 170 g/mol. The lowest BCUT2D eigenvalue weighted by Gasteiger charge is -2.51. The van der Waals surface area contributed by atoms with E-state index >= 15 is 0 Å². The Morgan fingerprint density at radius 2 is 2.08 bits per heavy atom. The van der Waals surface area contributed by atoms with Gasteiger partial charge in [-0.15, -0.1) is 0 Å². The van der Waals surface area contributed by atoms with E-state index < -0.39 is 0 Å². The number of hydrogen-bond donors (Lipinski definition) is 0. The largest absolute Gasteiger partial charge is 0.378 e. The fourth-order valence-corrected chi connectivity index (χ4v) is 2.14. The molecule has 12 heavy (non-hydrogen) atoms. The summed E-state index contributed by atoms with van der Waals surface area (Å²) >= 11 is 0. The molecule has 0 saturated carbocycles. The maximum Gasteiger partial charge on any atom is 0.0664 e. The zero-order valence-corrected chi connectivity index (χ0v) is 8.05. The van der Waals surface area contributed by atoms with Crippen LogP contribution in [-0.4, -0.2) is 62.3 Å². The predicted molar refractivity (Wildman–Crippen MR) is 48.3 cm³/mol. The molecule has 2 aliphatic heterocycles. The van der Waals surface area contributed by atoms with E-state index in [1.165, 1.54) is 19.5 Å². The van der Waals surface area contributed by atoms with Gasteiger partial charge in [-0.05, 0) is 20.5 Å². The average molecular weight is 170 g/mol. The van der Waals surface area contributed by atoms with Crippen molar-refractivity contribution < 1.29 is 4.74 Å². The number of likely N-dealkylation sites (tertiary alicyclic amines) is 1. The lowest BCUT2D eigenvalue weighted by Crippen LogP contribution is -2.64. The van der Waals surface area contributed by atoms with E-state index in [2.05, 4.69) is 23.9 Å². The van der Waals surface area contributed by atoms with E-state index in [-0.39, 0.29) is 0 Å². The van der Waals surface area contributed by atoms with Gasteiger partial charge in [0.15, 0.2) is 0 Å². The van der Waals surface area contributed by atoms with E-state index in [4.69, 9.17) is 4.74 Å². The molecular formula is C9H18N2O. The van der Waals surface area contributed by atoms with Crippen molar-refractivity contribution in [2.45, 2.75) is 12.0 Å². The summed E-state index contributed by atoms with van der Waals surface area (Å²) in [4.78, 5) is 4.80. The standard InChI is InChI=1S/C9H18N2O/c1-10-5-6-12-8-9(7-10)3-4-11(9)2/h3-8H2,1-2H3. The lowest BCUT2D eigenvalue weighted by molar-refractivity contribution is -0.0503. The van der Waals surface area contributed by atoms with Crippen LogP contribution in [0, 0.1) is 0 Å². The molecule has 2 fully saturated rings. The van der Waals surface area contributed by atoms with Crippen molar-refractivity contribution >= 4 is 0 Å². The van der Waals surface area contributed by atoms with Crippen molar-refractivity contribution in [3.63, 3.8) is 0 Å². The van der Waals surface area contributed by atoms with Crippen LogP contribution in [-0.2, 0) is 4.74 Å². The van der Waals surface area contributed by atoms with Crippen molar-refractivity contribution in [2.24, 2.45) is 0 Å². The van der Waals surface area contributed by atoms with Gasteiger partial charge in [0, 0.05) is 19.6 Å². The van der Waals surface area contributed by atoms with E-state index in [1.54, 1.807) is 0 Å². The third-order valence-electron chi connectivity index (χ3n) is 3.27. The van der Waals surface area contributed by atoms with Crippen molar-refractivity contribution in [3.8, 4) is 0 Å². The van der Waals surface area contributed by atoms with Crippen LogP contribution < -0.4 is 0 Å². The number of ether oxygens (including phenoxy) is 1. The molecule has 1 unspecified atom stereocenters. The first-order chi connectivity index (χ1) is 5.73. The Labute approximate surface area is 74.3 Å².